The molecule has 0 aromatic carbocycles. The van der Waals surface area contributed by atoms with Crippen LogP contribution in [0.25, 0.3) is 0 Å². The average molecular weight is 233 g/mol. The SMILES string of the molecule is CCCCN(C)C(=O)C(F)(F)C(F)(F)F. The maximum absolute atomic E-state index is 12.5. The Labute approximate surface area is 84.0 Å². The van der Waals surface area contributed by atoms with Crippen molar-refractivity contribution in [3.05, 3.63) is 0 Å². The number of unbranched alkanes of at least 4 members (excludes halogenated alkanes) is 1. The zero-order valence-electron chi connectivity index (χ0n) is 8.37. The van der Waals surface area contributed by atoms with E-state index in [9.17, 15) is 26.7 Å². The molecule has 90 valence electrons. The second-order valence-electron chi connectivity index (χ2n) is 3.15. The summed E-state index contributed by atoms with van der Waals surface area (Å²) in [5, 5.41) is 0. The van der Waals surface area contributed by atoms with Gasteiger partial charge in [0, 0.05) is 13.6 Å². The number of nitrogens with zero attached hydrogens (tertiary/aromatic N) is 1. The predicted molar refractivity (Wildman–Crippen MR) is 43.5 cm³/mol. The molecule has 0 aromatic rings. The molecule has 15 heavy (non-hydrogen) atoms. The van der Waals surface area contributed by atoms with Crippen LogP contribution in [0, 0.1) is 0 Å². The van der Waals surface area contributed by atoms with Gasteiger partial charge < -0.3 is 4.90 Å². The van der Waals surface area contributed by atoms with Crippen LogP contribution in [0.5, 0.6) is 0 Å². The fourth-order valence-electron chi connectivity index (χ4n) is 0.858. The van der Waals surface area contributed by atoms with Crippen LogP contribution >= 0.6 is 0 Å². The molecule has 0 saturated heterocycles. The van der Waals surface area contributed by atoms with Gasteiger partial charge in [0.2, 0.25) is 0 Å². The van der Waals surface area contributed by atoms with E-state index in [1.165, 1.54) is 0 Å². The minimum Gasteiger partial charge on any atom is -0.340 e. The van der Waals surface area contributed by atoms with Crippen LogP contribution in [0.4, 0.5) is 22.0 Å². The number of alkyl halides is 5. The first-order chi connectivity index (χ1) is 6.64. The maximum Gasteiger partial charge on any atom is 0.463 e. The lowest BCUT2D eigenvalue weighted by Gasteiger charge is -2.24. The first-order valence-corrected chi connectivity index (χ1v) is 4.34. The van der Waals surface area contributed by atoms with Crippen molar-refractivity contribution in [3.8, 4) is 0 Å². The van der Waals surface area contributed by atoms with Crippen LogP contribution in [0.3, 0.4) is 0 Å². The summed E-state index contributed by atoms with van der Waals surface area (Å²) in [6.07, 6.45) is -4.84. The Morgan fingerprint density at radius 2 is 1.67 bits per heavy atom. The topological polar surface area (TPSA) is 20.3 Å². The minimum absolute atomic E-state index is 0.110. The van der Waals surface area contributed by atoms with Gasteiger partial charge in [-0.1, -0.05) is 13.3 Å². The number of amides is 1. The summed E-state index contributed by atoms with van der Waals surface area (Å²) >= 11 is 0. The van der Waals surface area contributed by atoms with E-state index in [0.717, 1.165) is 7.05 Å². The Balaban J connectivity index is 4.56. The maximum atomic E-state index is 12.5. The van der Waals surface area contributed by atoms with Crippen molar-refractivity contribution in [3.63, 3.8) is 0 Å². The molecule has 0 radical (unpaired) electrons. The van der Waals surface area contributed by atoms with E-state index in [-0.39, 0.29) is 6.54 Å². The normalized spacial score (nSPS) is 12.7. The zero-order valence-corrected chi connectivity index (χ0v) is 8.37. The second-order valence-corrected chi connectivity index (χ2v) is 3.15. The lowest BCUT2D eigenvalue weighted by atomic mass is 10.2. The number of hydrogen-bond acceptors (Lipinski definition) is 1. The fraction of sp³-hybridized carbons (Fsp3) is 0.875. The van der Waals surface area contributed by atoms with Crippen molar-refractivity contribution in [1.29, 1.82) is 0 Å². The summed E-state index contributed by atoms with van der Waals surface area (Å²) in [5.41, 5.74) is 0. The summed E-state index contributed by atoms with van der Waals surface area (Å²) in [7, 11) is 0.928. The van der Waals surface area contributed by atoms with E-state index in [0.29, 0.717) is 17.7 Å². The molecule has 0 N–H and O–H groups in total. The van der Waals surface area contributed by atoms with Crippen molar-refractivity contribution in [1.82, 2.24) is 4.90 Å². The van der Waals surface area contributed by atoms with Gasteiger partial charge in [-0.15, -0.1) is 0 Å². The third kappa shape index (κ3) is 3.32. The van der Waals surface area contributed by atoms with E-state index < -0.39 is 18.0 Å². The smallest absolute Gasteiger partial charge is 0.340 e. The van der Waals surface area contributed by atoms with Crippen molar-refractivity contribution in [2.75, 3.05) is 13.6 Å². The highest BCUT2D eigenvalue weighted by molar-refractivity contribution is 5.84. The van der Waals surface area contributed by atoms with Crippen LogP contribution in [0.2, 0.25) is 0 Å². The van der Waals surface area contributed by atoms with E-state index in [2.05, 4.69) is 0 Å². The summed E-state index contributed by atoms with van der Waals surface area (Å²) in [6, 6.07) is 0. The van der Waals surface area contributed by atoms with Gasteiger partial charge in [0.05, 0.1) is 0 Å². The highest BCUT2D eigenvalue weighted by Gasteiger charge is 2.64. The highest BCUT2D eigenvalue weighted by Crippen LogP contribution is 2.36. The van der Waals surface area contributed by atoms with Crippen LogP contribution in [-0.2, 0) is 4.79 Å². The lowest BCUT2D eigenvalue weighted by Crippen LogP contribution is -2.51. The van der Waals surface area contributed by atoms with Crippen molar-refractivity contribution in [2.24, 2.45) is 0 Å². The Bertz CT molecular complexity index is 226. The molecule has 7 heteroatoms. The number of rotatable bonds is 4. The number of hydrogen-bond donors (Lipinski definition) is 0. The Morgan fingerprint density at radius 1 is 1.20 bits per heavy atom. The standard InChI is InChI=1S/C8H12F5NO/c1-3-4-5-14(2)6(15)7(9,10)8(11,12)13/h3-5H2,1-2H3. The molecule has 0 rings (SSSR count). The number of halogens is 5. The molecule has 1 amide bonds. The fourth-order valence-corrected chi connectivity index (χ4v) is 0.858. The van der Waals surface area contributed by atoms with Crippen LogP contribution in [0.15, 0.2) is 0 Å². The third-order valence-corrected chi connectivity index (χ3v) is 1.82. The molecule has 0 spiro atoms. The molecule has 0 aromatic heterocycles. The van der Waals surface area contributed by atoms with Gasteiger partial charge in [-0.05, 0) is 6.42 Å². The minimum atomic E-state index is -5.83. The molecular formula is C8H12F5NO. The molecule has 0 fully saturated rings. The molecule has 0 aliphatic heterocycles. The summed E-state index contributed by atoms with van der Waals surface area (Å²) in [5.74, 6) is -7.50. The number of carbonyl (C=O) groups is 1. The molecule has 2 nitrogen and oxygen atoms in total. The summed E-state index contributed by atoms with van der Waals surface area (Å²) in [6.45, 7) is 1.63. The van der Waals surface area contributed by atoms with Gasteiger partial charge in [0.25, 0.3) is 0 Å². The first kappa shape index (κ1) is 14.1. The van der Waals surface area contributed by atoms with E-state index in [1.54, 1.807) is 6.92 Å². The van der Waals surface area contributed by atoms with Crippen LogP contribution in [0.1, 0.15) is 19.8 Å². The predicted octanol–water partition coefficient (Wildman–Crippen LogP) is 2.44. The molecular weight excluding hydrogens is 221 g/mol. The van der Waals surface area contributed by atoms with Gasteiger partial charge in [-0.3, -0.25) is 4.79 Å². The van der Waals surface area contributed by atoms with Crippen molar-refractivity contribution >= 4 is 5.91 Å². The highest BCUT2D eigenvalue weighted by atomic mass is 19.4. The summed E-state index contributed by atoms with van der Waals surface area (Å²) in [4.78, 5) is 11.2. The zero-order chi connectivity index (χ0) is 12.3. The molecule has 0 aliphatic rings. The van der Waals surface area contributed by atoms with Gasteiger partial charge in [0.1, 0.15) is 0 Å². The van der Waals surface area contributed by atoms with Crippen LogP contribution < -0.4 is 0 Å². The summed E-state index contributed by atoms with van der Waals surface area (Å²) < 4.78 is 60.3. The number of carbonyl (C=O) groups excluding carboxylic acids is 1. The van der Waals surface area contributed by atoms with E-state index in [4.69, 9.17) is 0 Å². The monoisotopic (exact) mass is 233 g/mol. The molecule has 0 heterocycles. The van der Waals surface area contributed by atoms with Gasteiger partial charge in [-0.2, -0.15) is 22.0 Å². The molecule has 0 atom stereocenters. The van der Waals surface area contributed by atoms with Gasteiger partial charge in [-0.25, -0.2) is 0 Å². The largest absolute Gasteiger partial charge is 0.463 e. The average Bonchev–Trinajstić information content (AvgIpc) is 2.10. The Kier molecular flexibility index (Phi) is 4.48. The molecule has 0 bridgehead atoms. The van der Waals surface area contributed by atoms with E-state index >= 15 is 0 Å². The van der Waals surface area contributed by atoms with Crippen LogP contribution in [-0.4, -0.2) is 36.5 Å². The second kappa shape index (κ2) is 4.76. The Hall–Kier alpha value is -0.880. The van der Waals surface area contributed by atoms with Gasteiger partial charge >= 0.3 is 18.0 Å². The van der Waals surface area contributed by atoms with Gasteiger partial charge in [0.15, 0.2) is 0 Å². The first-order valence-electron chi connectivity index (χ1n) is 4.34. The van der Waals surface area contributed by atoms with E-state index in [1.807, 2.05) is 0 Å². The van der Waals surface area contributed by atoms with Crippen molar-refractivity contribution in [2.45, 2.75) is 31.9 Å². The van der Waals surface area contributed by atoms with Crippen molar-refractivity contribution < 1.29 is 26.7 Å². The quantitative estimate of drug-likeness (QED) is 0.683. The Morgan fingerprint density at radius 3 is 2.00 bits per heavy atom. The molecule has 0 unspecified atom stereocenters. The molecule has 0 aliphatic carbocycles. The third-order valence-electron chi connectivity index (χ3n) is 1.82. The lowest BCUT2D eigenvalue weighted by molar-refractivity contribution is -0.274. The molecule has 0 saturated carbocycles.